The lowest BCUT2D eigenvalue weighted by Gasteiger charge is -2.08. The van der Waals surface area contributed by atoms with E-state index >= 15 is 0 Å². The highest BCUT2D eigenvalue weighted by molar-refractivity contribution is 6.33. The molecule has 1 aromatic carbocycles. The van der Waals surface area contributed by atoms with Crippen molar-refractivity contribution in [2.75, 3.05) is 13.7 Å². The molecule has 2 aromatic rings. The molecule has 0 N–H and O–H groups in total. The van der Waals surface area contributed by atoms with Gasteiger partial charge in [-0.2, -0.15) is 0 Å². The van der Waals surface area contributed by atoms with Crippen LogP contribution in [-0.4, -0.2) is 18.7 Å². The second kappa shape index (κ2) is 4.58. The summed E-state index contributed by atoms with van der Waals surface area (Å²) in [7, 11) is 1.59. The highest BCUT2D eigenvalue weighted by atomic mass is 35.5. The van der Waals surface area contributed by atoms with Crippen LogP contribution in [0.15, 0.2) is 24.4 Å². The predicted molar refractivity (Wildman–Crippen MR) is 64.5 cm³/mol. The van der Waals surface area contributed by atoms with Crippen LogP contribution < -0.4 is 9.47 Å². The summed E-state index contributed by atoms with van der Waals surface area (Å²) < 4.78 is 10.6. The highest BCUT2D eigenvalue weighted by Crippen LogP contribution is 2.33. The molecule has 2 rings (SSSR count). The van der Waals surface area contributed by atoms with Crippen molar-refractivity contribution in [1.82, 2.24) is 4.98 Å². The van der Waals surface area contributed by atoms with Gasteiger partial charge in [-0.25, -0.2) is 4.98 Å². The lowest BCUT2D eigenvalue weighted by atomic mass is 10.1. The van der Waals surface area contributed by atoms with Gasteiger partial charge in [-0.3, -0.25) is 0 Å². The number of aromatic nitrogens is 1. The van der Waals surface area contributed by atoms with Gasteiger partial charge >= 0.3 is 0 Å². The summed E-state index contributed by atoms with van der Waals surface area (Å²) in [5, 5.41) is 2.46. The van der Waals surface area contributed by atoms with Crippen LogP contribution in [0.2, 0.25) is 5.02 Å². The first-order chi connectivity index (χ1) is 7.76. The van der Waals surface area contributed by atoms with Crippen LogP contribution in [0.4, 0.5) is 0 Å². The SMILES string of the molecule is CCOc1nccc2cc(OC)c(Cl)cc12. The van der Waals surface area contributed by atoms with Crippen molar-refractivity contribution < 1.29 is 9.47 Å². The maximum atomic E-state index is 6.07. The molecule has 0 fully saturated rings. The average Bonchev–Trinajstić information content (AvgIpc) is 2.29. The number of methoxy groups -OCH3 is 1. The molecule has 1 heterocycles. The summed E-state index contributed by atoms with van der Waals surface area (Å²) in [6, 6.07) is 5.59. The Kier molecular flexibility index (Phi) is 3.15. The minimum absolute atomic E-state index is 0.559. The Morgan fingerprint density at radius 1 is 1.38 bits per heavy atom. The number of halogens is 1. The fourth-order valence-electron chi connectivity index (χ4n) is 1.56. The maximum absolute atomic E-state index is 6.07. The molecule has 4 heteroatoms. The molecule has 0 aliphatic heterocycles. The zero-order valence-corrected chi connectivity index (χ0v) is 9.91. The van der Waals surface area contributed by atoms with E-state index in [9.17, 15) is 0 Å². The van der Waals surface area contributed by atoms with Crippen LogP contribution >= 0.6 is 11.6 Å². The van der Waals surface area contributed by atoms with Crippen LogP contribution in [0.1, 0.15) is 6.92 Å². The Morgan fingerprint density at radius 3 is 2.88 bits per heavy atom. The topological polar surface area (TPSA) is 31.4 Å². The summed E-state index contributed by atoms with van der Waals surface area (Å²) in [5.74, 6) is 1.26. The standard InChI is InChI=1S/C12H12ClNO2/c1-3-16-12-9-7-10(13)11(15-2)6-8(9)4-5-14-12/h4-7H,3H2,1-2H3. The number of nitrogens with zero attached hydrogens (tertiary/aromatic N) is 1. The summed E-state index contributed by atoms with van der Waals surface area (Å²) in [4.78, 5) is 4.17. The van der Waals surface area contributed by atoms with E-state index in [1.54, 1.807) is 13.3 Å². The van der Waals surface area contributed by atoms with Crippen molar-refractivity contribution in [3.8, 4) is 11.6 Å². The third-order valence-corrected chi connectivity index (χ3v) is 2.58. The number of rotatable bonds is 3. The number of hydrogen-bond acceptors (Lipinski definition) is 3. The molecule has 0 bridgehead atoms. The first-order valence-corrected chi connectivity index (χ1v) is 5.39. The van der Waals surface area contributed by atoms with Gasteiger partial charge in [0, 0.05) is 11.6 Å². The highest BCUT2D eigenvalue weighted by Gasteiger charge is 2.08. The van der Waals surface area contributed by atoms with E-state index in [0.29, 0.717) is 23.3 Å². The number of pyridine rings is 1. The van der Waals surface area contributed by atoms with Crippen molar-refractivity contribution in [3.63, 3.8) is 0 Å². The Labute approximate surface area is 99.0 Å². The first kappa shape index (κ1) is 11.0. The normalized spacial score (nSPS) is 10.4. The van der Waals surface area contributed by atoms with Gasteiger partial charge in [0.05, 0.1) is 18.7 Å². The van der Waals surface area contributed by atoms with E-state index in [0.717, 1.165) is 10.8 Å². The van der Waals surface area contributed by atoms with Gasteiger partial charge < -0.3 is 9.47 Å². The van der Waals surface area contributed by atoms with Gasteiger partial charge in [0.1, 0.15) is 5.75 Å². The van der Waals surface area contributed by atoms with Gasteiger partial charge in [0.2, 0.25) is 5.88 Å². The lowest BCUT2D eigenvalue weighted by molar-refractivity contribution is 0.331. The van der Waals surface area contributed by atoms with Gasteiger partial charge in [0.15, 0.2) is 0 Å². The monoisotopic (exact) mass is 237 g/mol. The Morgan fingerprint density at radius 2 is 2.19 bits per heavy atom. The molecular formula is C12H12ClNO2. The van der Waals surface area contributed by atoms with Crippen LogP contribution in [0, 0.1) is 0 Å². The second-order valence-corrected chi connectivity index (χ2v) is 3.66. The number of ether oxygens (including phenoxy) is 2. The smallest absolute Gasteiger partial charge is 0.221 e. The molecule has 0 amide bonds. The number of benzene rings is 1. The van der Waals surface area contributed by atoms with E-state index in [1.165, 1.54) is 0 Å². The molecular weight excluding hydrogens is 226 g/mol. The summed E-state index contributed by atoms with van der Waals surface area (Å²) in [5.41, 5.74) is 0. The van der Waals surface area contributed by atoms with Crippen molar-refractivity contribution >= 4 is 22.4 Å². The average molecular weight is 238 g/mol. The maximum Gasteiger partial charge on any atom is 0.221 e. The van der Waals surface area contributed by atoms with E-state index in [2.05, 4.69) is 4.98 Å². The van der Waals surface area contributed by atoms with Crippen LogP contribution in [-0.2, 0) is 0 Å². The molecule has 0 saturated carbocycles. The van der Waals surface area contributed by atoms with Gasteiger partial charge in [0.25, 0.3) is 0 Å². The van der Waals surface area contributed by atoms with Crippen LogP contribution in [0.5, 0.6) is 11.6 Å². The number of hydrogen-bond donors (Lipinski definition) is 0. The fraction of sp³-hybridized carbons (Fsp3) is 0.250. The van der Waals surface area contributed by atoms with Gasteiger partial charge in [-0.15, -0.1) is 0 Å². The Bertz CT molecular complexity index is 514. The molecule has 0 unspecified atom stereocenters. The van der Waals surface area contributed by atoms with Crippen molar-refractivity contribution in [1.29, 1.82) is 0 Å². The summed E-state index contributed by atoms with van der Waals surface area (Å²) in [6.07, 6.45) is 1.71. The Hall–Kier alpha value is -1.48. The Balaban J connectivity index is 2.64. The summed E-state index contributed by atoms with van der Waals surface area (Å²) in [6.45, 7) is 2.50. The molecule has 0 radical (unpaired) electrons. The second-order valence-electron chi connectivity index (χ2n) is 3.26. The van der Waals surface area contributed by atoms with Crippen molar-refractivity contribution in [2.45, 2.75) is 6.92 Å². The third-order valence-electron chi connectivity index (χ3n) is 2.28. The van der Waals surface area contributed by atoms with E-state index in [4.69, 9.17) is 21.1 Å². The molecule has 0 saturated heterocycles. The van der Waals surface area contributed by atoms with E-state index in [-0.39, 0.29) is 0 Å². The summed E-state index contributed by atoms with van der Waals surface area (Å²) >= 11 is 6.07. The lowest BCUT2D eigenvalue weighted by Crippen LogP contribution is -1.95. The van der Waals surface area contributed by atoms with Gasteiger partial charge in [-0.05, 0) is 30.5 Å². The number of fused-ring (bicyclic) bond motifs is 1. The van der Waals surface area contributed by atoms with Crippen LogP contribution in [0.3, 0.4) is 0 Å². The minimum atomic E-state index is 0.559. The van der Waals surface area contributed by atoms with E-state index in [1.807, 2.05) is 25.1 Å². The fourth-order valence-corrected chi connectivity index (χ4v) is 1.80. The van der Waals surface area contributed by atoms with E-state index < -0.39 is 0 Å². The first-order valence-electron chi connectivity index (χ1n) is 5.01. The van der Waals surface area contributed by atoms with Crippen molar-refractivity contribution in [3.05, 3.63) is 29.4 Å². The molecule has 0 aliphatic rings. The molecule has 84 valence electrons. The molecule has 1 aromatic heterocycles. The zero-order valence-electron chi connectivity index (χ0n) is 9.16. The molecule has 0 aliphatic carbocycles. The quantitative estimate of drug-likeness (QED) is 0.821. The largest absolute Gasteiger partial charge is 0.495 e. The molecule has 0 spiro atoms. The molecule has 0 atom stereocenters. The van der Waals surface area contributed by atoms with Gasteiger partial charge in [-0.1, -0.05) is 11.6 Å². The predicted octanol–water partition coefficient (Wildman–Crippen LogP) is 3.30. The van der Waals surface area contributed by atoms with Crippen molar-refractivity contribution in [2.24, 2.45) is 0 Å². The molecule has 3 nitrogen and oxygen atoms in total. The van der Waals surface area contributed by atoms with Crippen LogP contribution in [0.25, 0.3) is 10.8 Å². The zero-order chi connectivity index (χ0) is 11.5. The third kappa shape index (κ3) is 1.91. The molecule has 16 heavy (non-hydrogen) atoms. The minimum Gasteiger partial charge on any atom is -0.495 e.